The molecule has 0 radical (unpaired) electrons. The molecule has 1 atom stereocenters. The van der Waals surface area contributed by atoms with E-state index in [1.807, 2.05) is 6.07 Å². The van der Waals surface area contributed by atoms with Gasteiger partial charge in [0.15, 0.2) is 5.82 Å². The molecule has 0 aromatic carbocycles. The van der Waals surface area contributed by atoms with E-state index in [1.165, 1.54) is 6.20 Å². The molecule has 0 aliphatic carbocycles. The maximum absolute atomic E-state index is 11.8. The number of hydrogen-bond acceptors (Lipinski definition) is 7. The second-order valence-corrected chi connectivity index (χ2v) is 5.84. The number of amides is 1. The number of carbonyl (C=O) groups is 1. The Morgan fingerprint density at radius 2 is 2.21 bits per heavy atom. The van der Waals surface area contributed by atoms with Crippen molar-refractivity contribution in [2.24, 2.45) is 5.14 Å². The van der Waals surface area contributed by atoms with Crippen molar-refractivity contribution in [1.82, 2.24) is 9.97 Å². The van der Waals surface area contributed by atoms with Gasteiger partial charge in [0.05, 0.1) is 6.20 Å². The minimum Gasteiger partial charge on any atom is -0.368 e. The van der Waals surface area contributed by atoms with E-state index in [9.17, 15) is 13.2 Å². The van der Waals surface area contributed by atoms with Gasteiger partial charge in [0.1, 0.15) is 16.9 Å². The second kappa shape index (κ2) is 4.45. The number of primary sulfonamides is 1. The Labute approximate surface area is 108 Å². The molecule has 1 amide bonds. The lowest BCUT2D eigenvalue weighted by Crippen LogP contribution is -2.32. The minimum atomic E-state index is -3.83. The molecule has 2 rings (SSSR count). The number of carbonyl (C=O) groups excluding carboxylic acids is 1. The van der Waals surface area contributed by atoms with E-state index in [2.05, 4.69) is 9.97 Å². The van der Waals surface area contributed by atoms with E-state index in [-0.39, 0.29) is 30.3 Å². The predicted molar refractivity (Wildman–Crippen MR) is 65.0 cm³/mol. The van der Waals surface area contributed by atoms with Crippen LogP contribution in [0, 0.1) is 11.3 Å². The molecule has 4 N–H and O–H groups in total. The van der Waals surface area contributed by atoms with E-state index in [1.54, 1.807) is 0 Å². The van der Waals surface area contributed by atoms with Crippen LogP contribution in [0.3, 0.4) is 0 Å². The molecule has 0 bridgehead atoms. The van der Waals surface area contributed by atoms with Gasteiger partial charge >= 0.3 is 0 Å². The summed E-state index contributed by atoms with van der Waals surface area (Å²) in [5.41, 5.74) is 5.44. The van der Waals surface area contributed by atoms with Gasteiger partial charge in [-0.1, -0.05) is 0 Å². The van der Waals surface area contributed by atoms with Crippen molar-refractivity contribution < 1.29 is 13.2 Å². The molecule has 100 valence electrons. The van der Waals surface area contributed by atoms with Gasteiger partial charge in [-0.15, -0.1) is 0 Å². The predicted octanol–water partition coefficient (Wildman–Crippen LogP) is -1.68. The summed E-state index contributed by atoms with van der Waals surface area (Å²) in [7, 11) is -3.83. The van der Waals surface area contributed by atoms with E-state index < -0.39 is 21.2 Å². The van der Waals surface area contributed by atoms with Crippen molar-refractivity contribution in [3.8, 4) is 6.07 Å². The number of rotatable bonds is 2. The largest absolute Gasteiger partial charge is 0.368 e. The highest BCUT2D eigenvalue weighted by atomic mass is 32.2. The third kappa shape index (κ3) is 2.47. The highest BCUT2D eigenvalue weighted by molar-refractivity contribution is 7.89. The van der Waals surface area contributed by atoms with Gasteiger partial charge in [0.2, 0.25) is 21.9 Å². The highest BCUT2D eigenvalue weighted by Crippen LogP contribution is 2.25. The van der Waals surface area contributed by atoms with Crippen molar-refractivity contribution >= 4 is 27.7 Å². The number of nitrogens with zero attached hydrogens (tertiary/aromatic N) is 4. The van der Waals surface area contributed by atoms with Crippen LogP contribution in [0.1, 0.15) is 12.0 Å². The summed E-state index contributed by atoms with van der Waals surface area (Å²) in [6.45, 7) is -0.150. The molecule has 1 aliphatic rings. The first-order chi connectivity index (χ1) is 8.82. The molecular weight excluding hydrogens is 272 g/mol. The lowest BCUT2D eigenvalue weighted by Gasteiger charge is -2.16. The van der Waals surface area contributed by atoms with Gasteiger partial charge in [-0.3, -0.25) is 9.69 Å². The number of sulfonamides is 1. The maximum atomic E-state index is 11.8. The molecule has 1 fully saturated rings. The Balaban J connectivity index is 2.42. The summed E-state index contributed by atoms with van der Waals surface area (Å²) in [5, 5.41) is 12.9. The summed E-state index contributed by atoms with van der Waals surface area (Å²) in [6.07, 6.45) is 0.933. The van der Waals surface area contributed by atoms with E-state index in [0.29, 0.717) is 0 Å². The molecule has 1 unspecified atom stereocenters. The third-order valence-electron chi connectivity index (χ3n) is 2.72. The van der Waals surface area contributed by atoms with E-state index >= 15 is 0 Å². The Bertz CT molecular complexity index is 680. The zero-order chi connectivity index (χ0) is 14.2. The Hall–Kier alpha value is -2.25. The molecule has 2 heterocycles. The number of hydrogen-bond donors (Lipinski definition) is 2. The first kappa shape index (κ1) is 13.2. The Morgan fingerprint density at radius 1 is 1.53 bits per heavy atom. The zero-order valence-electron chi connectivity index (χ0n) is 9.65. The maximum Gasteiger partial charge on any atom is 0.229 e. The fourth-order valence-electron chi connectivity index (χ4n) is 1.77. The lowest BCUT2D eigenvalue weighted by molar-refractivity contribution is -0.117. The quantitative estimate of drug-likeness (QED) is 0.656. The molecular formula is C9H10N6O3S. The van der Waals surface area contributed by atoms with Crippen LogP contribution < -0.4 is 15.8 Å². The normalized spacial score (nSPS) is 19.5. The second-order valence-electron chi connectivity index (χ2n) is 4.00. The average Bonchev–Trinajstić information content (AvgIpc) is 2.71. The summed E-state index contributed by atoms with van der Waals surface area (Å²) >= 11 is 0. The fraction of sp³-hybridized carbons (Fsp3) is 0.333. The van der Waals surface area contributed by atoms with Gasteiger partial charge in [-0.2, -0.15) is 10.2 Å². The average molecular weight is 282 g/mol. The van der Waals surface area contributed by atoms with Gasteiger partial charge in [0, 0.05) is 13.0 Å². The summed E-state index contributed by atoms with van der Waals surface area (Å²) in [6, 6.07) is 1.82. The van der Waals surface area contributed by atoms with Gasteiger partial charge < -0.3 is 5.73 Å². The van der Waals surface area contributed by atoms with Crippen molar-refractivity contribution in [2.45, 2.75) is 11.7 Å². The van der Waals surface area contributed by atoms with Crippen molar-refractivity contribution in [2.75, 3.05) is 17.2 Å². The molecule has 19 heavy (non-hydrogen) atoms. The number of nitrogens with two attached hydrogens (primary N) is 2. The molecule has 1 aromatic rings. The molecule has 9 nitrogen and oxygen atoms in total. The third-order valence-corrected chi connectivity index (χ3v) is 3.96. The number of anilines is 2. The van der Waals surface area contributed by atoms with Gasteiger partial charge in [-0.25, -0.2) is 18.5 Å². The topological polar surface area (TPSA) is 156 Å². The summed E-state index contributed by atoms with van der Waals surface area (Å²) < 4.78 is 22.5. The highest BCUT2D eigenvalue weighted by Gasteiger charge is 2.38. The van der Waals surface area contributed by atoms with Crippen molar-refractivity contribution in [3.63, 3.8) is 0 Å². The van der Waals surface area contributed by atoms with Crippen molar-refractivity contribution in [3.05, 3.63) is 11.8 Å². The number of nitriles is 1. The SMILES string of the molecule is N#Cc1cnc(N)nc1N1CC(S(N)(=O)=O)CC1=O. The van der Waals surface area contributed by atoms with Gasteiger partial charge in [0.25, 0.3) is 0 Å². The zero-order valence-corrected chi connectivity index (χ0v) is 10.5. The lowest BCUT2D eigenvalue weighted by atomic mass is 10.3. The monoisotopic (exact) mass is 282 g/mol. The smallest absolute Gasteiger partial charge is 0.229 e. The van der Waals surface area contributed by atoms with Gasteiger partial charge in [-0.05, 0) is 0 Å². The summed E-state index contributed by atoms with van der Waals surface area (Å²) in [5.74, 6) is -0.583. The Morgan fingerprint density at radius 3 is 2.74 bits per heavy atom. The molecule has 1 aliphatic heterocycles. The van der Waals surface area contributed by atoms with Crippen LogP contribution in [0.15, 0.2) is 6.20 Å². The molecule has 1 saturated heterocycles. The van der Waals surface area contributed by atoms with Crippen molar-refractivity contribution in [1.29, 1.82) is 5.26 Å². The van der Waals surface area contributed by atoms with Crippen LogP contribution in [0.5, 0.6) is 0 Å². The molecule has 0 spiro atoms. The standard InChI is InChI=1S/C9H10N6O3S/c10-2-5-3-13-9(11)14-8(5)15-4-6(1-7(15)16)19(12,17)18/h3,6H,1,4H2,(H2,11,13,14)(H2,12,17,18). The fourth-order valence-corrected chi connectivity index (χ4v) is 2.50. The van der Waals surface area contributed by atoms with Crippen LogP contribution in [0.4, 0.5) is 11.8 Å². The van der Waals surface area contributed by atoms with Crippen LogP contribution in [0.2, 0.25) is 0 Å². The molecule has 10 heteroatoms. The van der Waals surface area contributed by atoms with Crippen LogP contribution >= 0.6 is 0 Å². The van der Waals surface area contributed by atoms with E-state index in [0.717, 1.165) is 4.90 Å². The van der Waals surface area contributed by atoms with Crippen LogP contribution in [0.25, 0.3) is 0 Å². The van der Waals surface area contributed by atoms with Crippen LogP contribution in [-0.4, -0.2) is 36.1 Å². The molecule has 0 saturated carbocycles. The number of nitrogen functional groups attached to an aromatic ring is 1. The number of aromatic nitrogens is 2. The van der Waals surface area contributed by atoms with E-state index in [4.69, 9.17) is 16.1 Å². The van der Waals surface area contributed by atoms with Crippen LogP contribution in [-0.2, 0) is 14.8 Å². The minimum absolute atomic E-state index is 0.00569. The first-order valence-corrected chi connectivity index (χ1v) is 6.78. The molecule has 1 aromatic heterocycles. The summed E-state index contributed by atoms with van der Waals surface area (Å²) in [4.78, 5) is 20.3. The first-order valence-electron chi connectivity index (χ1n) is 5.17. The Kier molecular flexibility index (Phi) is 3.09.